The molecule has 5 rings (SSSR count). The minimum absolute atomic E-state index is 0.0761. The number of nitrogens with zero attached hydrogens (tertiary/aromatic N) is 6. The zero-order valence-corrected chi connectivity index (χ0v) is 18.0. The van der Waals surface area contributed by atoms with Crippen LogP contribution in [0, 0.1) is 13.8 Å². The summed E-state index contributed by atoms with van der Waals surface area (Å²) < 4.78 is 7.34. The van der Waals surface area contributed by atoms with Crippen LogP contribution in [0.1, 0.15) is 22.8 Å². The molecule has 0 saturated heterocycles. The Labute approximate surface area is 187 Å². The third-order valence-corrected chi connectivity index (χ3v) is 5.37. The fourth-order valence-electron chi connectivity index (χ4n) is 3.84. The second-order valence-electron chi connectivity index (χ2n) is 7.67. The van der Waals surface area contributed by atoms with Crippen molar-refractivity contribution in [2.75, 3.05) is 5.73 Å². The topological polar surface area (TPSA) is 152 Å². The van der Waals surface area contributed by atoms with Crippen molar-refractivity contribution in [3.63, 3.8) is 0 Å². The summed E-state index contributed by atoms with van der Waals surface area (Å²) in [5.74, 6) is 0.131. The summed E-state index contributed by atoms with van der Waals surface area (Å²) >= 11 is 0. The zero-order valence-electron chi connectivity index (χ0n) is 18.0. The third-order valence-electron chi connectivity index (χ3n) is 5.37. The molecular weight excluding hydrogens is 424 g/mol. The molecule has 0 amide bonds. The van der Waals surface area contributed by atoms with Gasteiger partial charge in [0, 0.05) is 11.3 Å². The van der Waals surface area contributed by atoms with Crippen LogP contribution in [0.2, 0.25) is 0 Å². The van der Waals surface area contributed by atoms with E-state index < -0.39 is 5.69 Å². The lowest BCUT2D eigenvalue weighted by atomic mass is 9.99. The van der Waals surface area contributed by atoms with Crippen molar-refractivity contribution in [2.24, 2.45) is 0 Å². The number of rotatable bonds is 5. The molecule has 0 aliphatic heterocycles. The van der Waals surface area contributed by atoms with Crippen LogP contribution in [0.15, 0.2) is 51.9 Å². The van der Waals surface area contributed by atoms with Gasteiger partial charge in [0.2, 0.25) is 5.65 Å². The Morgan fingerprint density at radius 3 is 2.61 bits per heavy atom. The van der Waals surface area contributed by atoms with Crippen molar-refractivity contribution in [1.82, 2.24) is 29.5 Å². The molecule has 0 aliphatic carbocycles. The summed E-state index contributed by atoms with van der Waals surface area (Å²) in [6, 6.07) is 13.3. The summed E-state index contributed by atoms with van der Waals surface area (Å²) in [6.07, 6.45) is 0. The van der Waals surface area contributed by atoms with Crippen molar-refractivity contribution in [3.05, 3.63) is 75.7 Å². The SMILES string of the molecule is Cc1cc(-c2c(-c3ccccc3)[nH+]c(N)n3c(=O)n(Cc4nonc4C)nc23)cc(CO)n1. The standard InChI is InChI=1S/C22H20N8O3/c1-12-8-15(9-16(11-31)24-12)18-19(14-6-4-3-5-7-14)25-21(23)30-20(18)26-29(22(30)32)10-17-13(2)27-33-28-17/h3-9,31H,10-11H2,1-2H3,(H2,23,25)/p+1. The average molecular weight is 445 g/mol. The molecule has 0 fully saturated rings. The quantitative estimate of drug-likeness (QED) is 0.409. The number of nitrogens with one attached hydrogen (secondary N) is 1. The maximum Gasteiger partial charge on any atom is 0.411 e. The van der Waals surface area contributed by atoms with E-state index in [-0.39, 0.29) is 19.1 Å². The van der Waals surface area contributed by atoms with Crippen molar-refractivity contribution in [3.8, 4) is 22.4 Å². The smallest absolute Gasteiger partial charge is 0.390 e. The van der Waals surface area contributed by atoms with Gasteiger partial charge in [-0.1, -0.05) is 40.6 Å². The predicted octanol–water partition coefficient (Wildman–Crippen LogP) is 1.16. The van der Waals surface area contributed by atoms with Crippen LogP contribution >= 0.6 is 0 Å². The number of anilines is 1. The molecule has 0 aliphatic rings. The van der Waals surface area contributed by atoms with Crippen LogP contribution in [-0.2, 0) is 13.2 Å². The molecule has 0 spiro atoms. The molecule has 0 atom stereocenters. The number of aromatic nitrogens is 7. The first kappa shape index (κ1) is 20.5. The van der Waals surface area contributed by atoms with E-state index in [1.54, 1.807) is 13.0 Å². The Hall–Kier alpha value is -4.38. The zero-order chi connectivity index (χ0) is 23.1. The van der Waals surface area contributed by atoms with E-state index in [1.807, 2.05) is 43.3 Å². The van der Waals surface area contributed by atoms with Crippen LogP contribution in [0.5, 0.6) is 0 Å². The summed E-state index contributed by atoms with van der Waals surface area (Å²) in [6.45, 7) is 3.44. The fourth-order valence-corrected chi connectivity index (χ4v) is 3.84. The van der Waals surface area contributed by atoms with Crippen molar-refractivity contribution in [1.29, 1.82) is 0 Å². The second-order valence-corrected chi connectivity index (χ2v) is 7.67. The first-order valence-electron chi connectivity index (χ1n) is 10.2. The Morgan fingerprint density at radius 1 is 1.12 bits per heavy atom. The van der Waals surface area contributed by atoms with Gasteiger partial charge in [0.05, 0.1) is 24.4 Å². The average Bonchev–Trinajstić information content (AvgIpc) is 3.37. The van der Waals surface area contributed by atoms with Gasteiger partial charge in [-0.15, -0.1) is 9.50 Å². The number of aliphatic hydroxyl groups is 1. The highest BCUT2D eigenvalue weighted by atomic mass is 16.6. The van der Waals surface area contributed by atoms with Gasteiger partial charge < -0.3 is 5.11 Å². The molecule has 5 aromatic rings. The van der Waals surface area contributed by atoms with Gasteiger partial charge in [0.15, 0.2) is 0 Å². The summed E-state index contributed by atoms with van der Waals surface area (Å²) in [5.41, 5.74) is 11.5. The number of pyridine rings is 1. The minimum atomic E-state index is -0.435. The molecule has 0 unspecified atom stereocenters. The molecule has 33 heavy (non-hydrogen) atoms. The summed E-state index contributed by atoms with van der Waals surface area (Å²) in [7, 11) is 0. The molecule has 4 aromatic heterocycles. The van der Waals surface area contributed by atoms with Crippen molar-refractivity contribution >= 4 is 11.6 Å². The number of hydrogen-bond acceptors (Lipinski definition) is 8. The maximum absolute atomic E-state index is 13.2. The molecule has 0 bridgehead atoms. The Morgan fingerprint density at radius 2 is 1.91 bits per heavy atom. The second kappa shape index (κ2) is 7.95. The van der Waals surface area contributed by atoms with Crippen LogP contribution in [-0.4, -0.2) is 34.6 Å². The van der Waals surface area contributed by atoms with Crippen LogP contribution in [0.4, 0.5) is 5.95 Å². The molecule has 11 nitrogen and oxygen atoms in total. The molecule has 166 valence electrons. The lowest BCUT2D eigenvalue weighted by molar-refractivity contribution is -0.351. The lowest BCUT2D eigenvalue weighted by Crippen LogP contribution is -2.28. The predicted molar refractivity (Wildman–Crippen MR) is 118 cm³/mol. The number of aromatic amines is 1. The highest BCUT2D eigenvalue weighted by Gasteiger charge is 2.26. The number of nitrogens with two attached hydrogens (primary N) is 1. The van der Waals surface area contributed by atoms with Gasteiger partial charge in [-0.25, -0.2) is 14.4 Å². The number of hydrogen-bond donors (Lipinski definition) is 2. The van der Waals surface area contributed by atoms with E-state index in [9.17, 15) is 9.90 Å². The first-order chi connectivity index (χ1) is 16.0. The number of benzene rings is 1. The highest BCUT2D eigenvalue weighted by Crippen LogP contribution is 2.33. The molecule has 11 heteroatoms. The lowest BCUT2D eigenvalue weighted by Gasteiger charge is -2.10. The monoisotopic (exact) mass is 445 g/mol. The normalized spacial score (nSPS) is 11.4. The van der Waals surface area contributed by atoms with Gasteiger partial charge in [-0.05, 0) is 31.5 Å². The van der Waals surface area contributed by atoms with Crippen molar-refractivity contribution < 1.29 is 14.7 Å². The molecule has 4 N–H and O–H groups in total. The Kier molecular flexibility index (Phi) is 4.94. The summed E-state index contributed by atoms with van der Waals surface area (Å²) in [5, 5.41) is 21.9. The van der Waals surface area contributed by atoms with E-state index >= 15 is 0 Å². The van der Waals surface area contributed by atoms with Gasteiger partial charge in [-0.3, -0.25) is 10.7 Å². The van der Waals surface area contributed by atoms with E-state index in [2.05, 4.69) is 25.4 Å². The van der Waals surface area contributed by atoms with Gasteiger partial charge in [0.25, 0.3) is 0 Å². The van der Waals surface area contributed by atoms with Crippen LogP contribution in [0.25, 0.3) is 28.0 Å². The largest absolute Gasteiger partial charge is 0.411 e. The molecule has 1 aromatic carbocycles. The van der Waals surface area contributed by atoms with Crippen LogP contribution in [0.3, 0.4) is 0 Å². The number of fused-ring (bicyclic) bond motifs is 1. The minimum Gasteiger partial charge on any atom is -0.390 e. The summed E-state index contributed by atoms with van der Waals surface area (Å²) in [4.78, 5) is 20.8. The van der Waals surface area contributed by atoms with Gasteiger partial charge in [-0.2, -0.15) is 4.68 Å². The van der Waals surface area contributed by atoms with Crippen molar-refractivity contribution in [2.45, 2.75) is 27.0 Å². The van der Waals surface area contributed by atoms with E-state index in [0.29, 0.717) is 34.0 Å². The van der Waals surface area contributed by atoms with E-state index in [0.717, 1.165) is 16.8 Å². The number of aliphatic hydroxyl groups excluding tert-OH is 1. The molecule has 0 radical (unpaired) electrons. The number of nitrogen functional groups attached to an aromatic ring is 1. The highest BCUT2D eigenvalue weighted by molar-refractivity contribution is 5.88. The maximum atomic E-state index is 13.2. The Balaban J connectivity index is 1.84. The fraction of sp³-hybridized carbons (Fsp3) is 0.182. The van der Waals surface area contributed by atoms with E-state index in [1.165, 1.54) is 9.08 Å². The number of H-pyrrole nitrogens is 1. The first-order valence-corrected chi connectivity index (χ1v) is 10.2. The molecule has 0 saturated carbocycles. The van der Waals surface area contributed by atoms with E-state index in [4.69, 9.17) is 10.4 Å². The third kappa shape index (κ3) is 3.53. The van der Waals surface area contributed by atoms with Crippen LogP contribution < -0.4 is 16.4 Å². The van der Waals surface area contributed by atoms with Gasteiger partial charge in [0.1, 0.15) is 17.1 Å². The number of aryl methyl sites for hydroxylation is 2. The molecular formula is C22H21N8O3+. The van der Waals surface area contributed by atoms with Gasteiger partial charge >= 0.3 is 11.6 Å². The molecule has 4 heterocycles. The Bertz CT molecular complexity index is 1540.